The van der Waals surface area contributed by atoms with E-state index in [0.717, 1.165) is 32.0 Å². The lowest BCUT2D eigenvalue weighted by atomic mass is 9.71. The summed E-state index contributed by atoms with van der Waals surface area (Å²) in [5, 5.41) is 3.69. The van der Waals surface area contributed by atoms with E-state index in [1.165, 1.54) is 32.1 Å². The molecule has 0 heterocycles. The summed E-state index contributed by atoms with van der Waals surface area (Å²) < 4.78 is 0. The molecule has 0 aromatic heterocycles. The summed E-state index contributed by atoms with van der Waals surface area (Å²) in [4.78, 5) is 0. The van der Waals surface area contributed by atoms with Crippen molar-refractivity contribution in [2.24, 2.45) is 22.5 Å². The molecule has 0 unspecified atom stereocenters. The average Bonchev–Trinajstić information content (AvgIpc) is 2.29. The Bertz CT molecular complexity index is 227. The standard InChI is InChI=1S/C16H34N2/c1-15(2,10-11-17)12-18-13-16(3,4)14-8-6-5-7-9-14/h14,18H,5-13,17H2,1-4H3. The van der Waals surface area contributed by atoms with Crippen LogP contribution in [0, 0.1) is 16.7 Å². The van der Waals surface area contributed by atoms with E-state index in [-0.39, 0.29) is 0 Å². The predicted octanol–water partition coefficient (Wildman–Crippen LogP) is 3.56. The second-order valence-corrected chi connectivity index (χ2v) is 7.63. The van der Waals surface area contributed by atoms with Gasteiger partial charge in [0.05, 0.1) is 0 Å². The van der Waals surface area contributed by atoms with Crippen molar-refractivity contribution in [1.82, 2.24) is 5.32 Å². The normalized spacial score (nSPS) is 19.2. The Hall–Kier alpha value is -0.0800. The third-order valence-electron chi connectivity index (χ3n) is 4.72. The fraction of sp³-hybridized carbons (Fsp3) is 1.00. The number of hydrogen-bond donors (Lipinski definition) is 2. The summed E-state index contributed by atoms with van der Waals surface area (Å²) in [6.45, 7) is 12.5. The van der Waals surface area contributed by atoms with Crippen molar-refractivity contribution in [3.8, 4) is 0 Å². The zero-order chi connectivity index (χ0) is 13.6. The predicted molar refractivity (Wildman–Crippen MR) is 80.7 cm³/mol. The molecule has 3 N–H and O–H groups in total. The molecule has 0 aliphatic heterocycles. The largest absolute Gasteiger partial charge is 0.330 e. The van der Waals surface area contributed by atoms with Crippen molar-refractivity contribution >= 4 is 0 Å². The van der Waals surface area contributed by atoms with Crippen LogP contribution in [0.15, 0.2) is 0 Å². The summed E-state index contributed by atoms with van der Waals surface area (Å²) in [6.07, 6.45) is 8.29. The lowest BCUT2D eigenvalue weighted by Gasteiger charge is -2.38. The SMILES string of the molecule is CC(C)(CCN)CNCC(C)(C)C1CCCCC1. The first-order valence-electron chi connectivity index (χ1n) is 7.78. The van der Waals surface area contributed by atoms with Gasteiger partial charge < -0.3 is 11.1 Å². The molecular weight excluding hydrogens is 220 g/mol. The maximum absolute atomic E-state index is 5.66. The van der Waals surface area contributed by atoms with Gasteiger partial charge >= 0.3 is 0 Å². The van der Waals surface area contributed by atoms with Gasteiger partial charge in [0, 0.05) is 13.1 Å². The van der Waals surface area contributed by atoms with Gasteiger partial charge in [-0.15, -0.1) is 0 Å². The van der Waals surface area contributed by atoms with Gasteiger partial charge in [0.2, 0.25) is 0 Å². The van der Waals surface area contributed by atoms with E-state index in [2.05, 4.69) is 33.0 Å². The molecule has 0 aromatic rings. The summed E-state index contributed by atoms with van der Waals surface area (Å²) in [7, 11) is 0. The maximum Gasteiger partial charge on any atom is 0.000540 e. The highest BCUT2D eigenvalue weighted by atomic mass is 14.9. The van der Waals surface area contributed by atoms with E-state index >= 15 is 0 Å². The van der Waals surface area contributed by atoms with Crippen molar-refractivity contribution < 1.29 is 0 Å². The zero-order valence-corrected chi connectivity index (χ0v) is 13.0. The van der Waals surface area contributed by atoms with Crippen LogP contribution in [-0.2, 0) is 0 Å². The van der Waals surface area contributed by atoms with Gasteiger partial charge in [0.25, 0.3) is 0 Å². The van der Waals surface area contributed by atoms with Crippen LogP contribution in [-0.4, -0.2) is 19.6 Å². The fourth-order valence-electron chi connectivity index (χ4n) is 3.23. The van der Waals surface area contributed by atoms with E-state index in [0.29, 0.717) is 10.8 Å². The fourth-order valence-corrected chi connectivity index (χ4v) is 3.23. The first-order valence-corrected chi connectivity index (χ1v) is 7.78. The van der Waals surface area contributed by atoms with E-state index in [1.807, 2.05) is 0 Å². The van der Waals surface area contributed by atoms with Crippen molar-refractivity contribution in [3.63, 3.8) is 0 Å². The molecule has 1 saturated carbocycles. The van der Waals surface area contributed by atoms with Crippen molar-refractivity contribution in [2.45, 2.75) is 66.2 Å². The minimum atomic E-state index is 0.331. The molecule has 1 aliphatic carbocycles. The Morgan fingerprint density at radius 2 is 1.61 bits per heavy atom. The van der Waals surface area contributed by atoms with Crippen LogP contribution in [0.4, 0.5) is 0 Å². The van der Waals surface area contributed by atoms with Gasteiger partial charge in [-0.2, -0.15) is 0 Å². The smallest absolute Gasteiger partial charge is 0.000540 e. The minimum absolute atomic E-state index is 0.331. The summed E-state index contributed by atoms with van der Waals surface area (Å²) in [6, 6.07) is 0. The van der Waals surface area contributed by atoms with Crippen molar-refractivity contribution in [1.29, 1.82) is 0 Å². The van der Waals surface area contributed by atoms with Crippen LogP contribution in [0.3, 0.4) is 0 Å². The molecule has 0 spiro atoms. The summed E-state index contributed by atoms with van der Waals surface area (Å²) >= 11 is 0. The Labute approximate surface area is 114 Å². The highest BCUT2D eigenvalue weighted by Crippen LogP contribution is 2.37. The molecule has 0 saturated heterocycles. The van der Waals surface area contributed by atoms with Gasteiger partial charge in [-0.05, 0) is 42.6 Å². The van der Waals surface area contributed by atoms with E-state index < -0.39 is 0 Å². The molecule has 0 amide bonds. The first-order chi connectivity index (χ1) is 8.37. The highest BCUT2D eigenvalue weighted by Gasteiger charge is 2.30. The van der Waals surface area contributed by atoms with E-state index in [1.54, 1.807) is 0 Å². The molecule has 0 radical (unpaired) electrons. The van der Waals surface area contributed by atoms with Gasteiger partial charge in [0.15, 0.2) is 0 Å². The van der Waals surface area contributed by atoms with E-state index in [4.69, 9.17) is 5.73 Å². The summed E-state index contributed by atoms with van der Waals surface area (Å²) in [5.74, 6) is 0.913. The molecule has 1 fully saturated rings. The van der Waals surface area contributed by atoms with Gasteiger partial charge in [-0.25, -0.2) is 0 Å². The quantitative estimate of drug-likeness (QED) is 0.729. The summed E-state index contributed by atoms with van der Waals surface area (Å²) in [5.41, 5.74) is 6.44. The first kappa shape index (κ1) is 16.0. The van der Waals surface area contributed by atoms with Crippen LogP contribution in [0.5, 0.6) is 0 Å². The number of rotatable bonds is 7. The molecule has 108 valence electrons. The zero-order valence-electron chi connectivity index (χ0n) is 13.0. The third kappa shape index (κ3) is 5.27. The Morgan fingerprint density at radius 1 is 1.00 bits per heavy atom. The molecule has 18 heavy (non-hydrogen) atoms. The van der Waals surface area contributed by atoms with Crippen molar-refractivity contribution in [3.05, 3.63) is 0 Å². The molecule has 0 bridgehead atoms. The number of nitrogens with two attached hydrogens (primary N) is 1. The monoisotopic (exact) mass is 254 g/mol. The molecule has 0 aromatic carbocycles. The average molecular weight is 254 g/mol. The molecule has 1 aliphatic rings. The lowest BCUT2D eigenvalue weighted by Crippen LogP contribution is -2.40. The van der Waals surface area contributed by atoms with Gasteiger partial charge in [-0.1, -0.05) is 47.0 Å². The highest BCUT2D eigenvalue weighted by molar-refractivity contribution is 4.84. The van der Waals surface area contributed by atoms with Crippen LogP contribution in [0.1, 0.15) is 66.2 Å². The van der Waals surface area contributed by atoms with Crippen molar-refractivity contribution in [2.75, 3.05) is 19.6 Å². The van der Waals surface area contributed by atoms with Gasteiger partial charge in [-0.3, -0.25) is 0 Å². The second-order valence-electron chi connectivity index (χ2n) is 7.63. The maximum atomic E-state index is 5.66. The van der Waals surface area contributed by atoms with Crippen LogP contribution < -0.4 is 11.1 Å². The third-order valence-corrected chi connectivity index (χ3v) is 4.72. The molecule has 2 heteroatoms. The minimum Gasteiger partial charge on any atom is -0.330 e. The Morgan fingerprint density at radius 3 is 2.17 bits per heavy atom. The van der Waals surface area contributed by atoms with Crippen LogP contribution in [0.25, 0.3) is 0 Å². The second kappa shape index (κ2) is 6.91. The lowest BCUT2D eigenvalue weighted by molar-refractivity contribution is 0.148. The molecule has 2 nitrogen and oxygen atoms in total. The van der Waals surface area contributed by atoms with Crippen LogP contribution >= 0.6 is 0 Å². The van der Waals surface area contributed by atoms with E-state index in [9.17, 15) is 0 Å². The number of nitrogens with one attached hydrogen (secondary N) is 1. The molecular formula is C16H34N2. The Balaban J connectivity index is 2.32. The van der Waals surface area contributed by atoms with Crippen LogP contribution in [0.2, 0.25) is 0 Å². The number of hydrogen-bond acceptors (Lipinski definition) is 2. The topological polar surface area (TPSA) is 38.0 Å². The van der Waals surface area contributed by atoms with Gasteiger partial charge in [0.1, 0.15) is 0 Å². The molecule has 0 atom stereocenters. The molecule has 1 rings (SSSR count). The Kier molecular flexibility index (Phi) is 6.13.